The number of hydrogen-bond donors (Lipinski definition) is 1. The first kappa shape index (κ1) is 15.3. The highest BCUT2D eigenvalue weighted by Crippen LogP contribution is 2.28. The third-order valence-corrected chi connectivity index (χ3v) is 4.67. The Bertz CT molecular complexity index is 526. The van der Waals surface area contributed by atoms with Gasteiger partial charge in [0.05, 0.1) is 7.11 Å². The molecule has 1 aliphatic carbocycles. The second kappa shape index (κ2) is 7.06. The maximum Gasteiger partial charge on any atom is 0.244 e. The Morgan fingerprint density at radius 2 is 2.05 bits per heavy atom. The molecule has 1 N–H and O–H groups in total. The van der Waals surface area contributed by atoms with Crippen molar-refractivity contribution in [2.24, 2.45) is 5.92 Å². The predicted octanol–water partition coefficient (Wildman–Crippen LogP) is 1.79. The minimum Gasteiger partial charge on any atom is -0.495 e. The molecule has 0 atom stereocenters. The van der Waals surface area contributed by atoms with Gasteiger partial charge in [-0.05, 0) is 37.3 Å². The van der Waals surface area contributed by atoms with Crippen LogP contribution in [0.5, 0.6) is 5.75 Å². The zero-order valence-electron chi connectivity index (χ0n) is 11.7. The van der Waals surface area contributed by atoms with Crippen LogP contribution in [0.2, 0.25) is 0 Å². The fourth-order valence-corrected chi connectivity index (χ4v) is 3.08. The first-order chi connectivity index (χ1) is 9.63. The van der Waals surface area contributed by atoms with Gasteiger partial charge in [-0.1, -0.05) is 12.1 Å². The average molecular weight is 299 g/mol. The SMILES string of the molecule is COc1ccccc1S(=O)(=O)NCCCOCC1CC1. The van der Waals surface area contributed by atoms with Gasteiger partial charge in [0.25, 0.3) is 0 Å². The van der Waals surface area contributed by atoms with Gasteiger partial charge in [-0.2, -0.15) is 0 Å². The van der Waals surface area contributed by atoms with Gasteiger partial charge in [0.1, 0.15) is 10.6 Å². The third kappa shape index (κ3) is 4.47. The molecular weight excluding hydrogens is 278 g/mol. The van der Waals surface area contributed by atoms with Gasteiger partial charge in [-0.15, -0.1) is 0 Å². The summed E-state index contributed by atoms with van der Waals surface area (Å²) in [5.74, 6) is 1.09. The lowest BCUT2D eigenvalue weighted by Crippen LogP contribution is -2.26. The summed E-state index contributed by atoms with van der Waals surface area (Å²) < 4.78 is 37.4. The summed E-state index contributed by atoms with van der Waals surface area (Å²) in [6, 6.07) is 6.58. The number of sulfonamides is 1. The lowest BCUT2D eigenvalue weighted by molar-refractivity contribution is 0.123. The zero-order valence-corrected chi connectivity index (χ0v) is 12.5. The van der Waals surface area contributed by atoms with Crippen LogP contribution in [0.3, 0.4) is 0 Å². The first-order valence-electron chi connectivity index (χ1n) is 6.84. The van der Waals surface area contributed by atoms with Crippen molar-refractivity contribution in [2.45, 2.75) is 24.2 Å². The van der Waals surface area contributed by atoms with Gasteiger partial charge < -0.3 is 9.47 Å². The molecule has 0 heterocycles. The fourth-order valence-electron chi connectivity index (χ4n) is 1.83. The molecule has 0 spiro atoms. The lowest BCUT2D eigenvalue weighted by Gasteiger charge is -2.10. The van der Waals surface area contributed by atoms with Crippen molar-refractivity contribution in [3.8, 4) is 5.75 Å². The normalized spacial score (nSPS) is 15.2. The Labute approximate surface area is 120 Å². The molecule has 0 amide bonds. The van der Waals surface area contributed by atoms with Crippen LogP contribution in [0.15, 0.2) is 29.2 Å². The minimum atomic E-state index is -3.52. The summed E-state index contributed by atoms with van der Waals surface area (Å²) in [5, 5.41) is 0. The van der Waals surface area contributed by atoms with E-state index in [-0.39, 0.29) is 4.90 Å². The number of rotatable bonds is 9. The van der Waals surface area contributed by atoms with Crippen molar-refractivity contribution >= 4 is 10.0 Å². The predicted molar refractivity (Wildman–Crippen MR) is 76.3 cm³/mol. The van der Waals surface area contributed by atoms with Gasteiger partial charge in [-0.25, -0.2) is 13.1 Å². The van der Waals surface area contributed by atoms with Gasteiger partial charge in [-0.3, -0.25) is 0 Å². The van der Waals surface area contributed by atoms with Crippen LogP contribution in [0.4, 0.5) is 0 Å². The highest BCUT2D eigenvalue weighted by Gasteiger charge is 2.21. The second-order valence-electron chi connectivity index (χ2n) is 4.92. The Balaban J connectivity index is 1.77. The van der Waals surface area contributed by atoms with E-state index < -0.39 is 10.0 Å². The van der Waals surface area contributed by atoms with Crippen LogP contribution in [0.25, 0.3) is 0 Å². The van der Waals surface area contributed by atoms with Crippen LogP contribution in [0.1, 0.15) is 19.3 Å². The molecule has 0 aromatic heterocycles. The lowest BCUT2D eigenvalue weighted by atomic mass is 10.3. The molecule has 1 fully saturated rings. The standard InChI is InChI=1S/C14H21NO4S/c1-18-13-5-2-3-6-14(13)20(16,17)15-9-4-10-19-11-12-7-8-12/h2-3,5-6,12,15H,4,7-11H2,1H3. The van der Waals surface area contributed by atoms with Gasteiger partial charge in [0.2, 0.25) is 10.0 Å². The molecule has 112 valence electrons. The number of methoxy groups -OCH3 is 1. The van der Waals surface area contributed by atoms with E-state index in [2.05, 4.69) is 4.72 Å². The van der Waals surface area contributed by atoms with Crippen LogP contribution >= 0.6 is 0 Å². The van der Waals surface area contributed by atoms with E-state index in [1.165, 1.54) is 26.0 Å². The molecular formula is C14H21NO4S. The van der Waals surface area contributed by atoms with E-state index >= 15 is 0 Å². The van der Waals surface area contributed by atoms with E-state index in [1.54, 1.807) is 18.2 Å². The molecule has 2 rings (SSSR count). The summed E-state index contributed by atoms with van der Waals surface area (Å²) in [5.41, 5.74) is 0. The van der Waals surface area contributed by atoms with Crippen LogP contribution in [-0.4, -0.2) is 35.3 Å². The topological polar surface area (TPSA) is 64.6 Å². The number of hydrogen-bond acceptors (Lipinski definition) is 4. The summed E-state index contributed by atoms with van der Waals surface area (Å²) in [4.78, 5) is 0.168. The van der Waals surface area contributed by atoms with Crippen molar-refractivity contribution < 1.29 is 17.9 Å². The van der Waals surface area contributed by atoms with Gasteiger partial charge in [0.15, 0.2) is 0 Å². The Kier molecular flexibility index (Phi) is 5.39. The number of para-hydroxylation sites is 1. The zero-order chi connectivity index (χ0) is 14.4. The van der Waals surface area contributed by atoms with Crippen LogP contribution < -0.4 is 9.46 Å². The Morgan fingerprint density at radius 3 is 2.75 bits per heavy atom. The highest BCUT2D eigenvalue weighted by molar-refractivity contribution is 7.89. The summed E-state index contributed by atoms with van der Waals surface area (Å²) in [6.45, 7) is 1.76. The van der Waals surface area contributed by atoms with Crippen molar-refractivity contribution in [3.05, 3.63) is 24.3 Å². The molecule has 6 heteroatoms. The molecule has 5 nitrogen and oxygen atoms in total. The van der Waals surface area contributed by atoms with E-state index in [4.69, 9.17) is 9.47 Å². The summed E-state index contributed by atoms with van der Waals surface area (Å²) in [6.07, 6.45) is 3.20. The number of nitrogens with one attached hydrogen (secondary N) is 1. The number of benzene rings is 1. The summed E-state index contributed by atoms with van der Waals surface area (Å²) in [7, 11) is -2.07. The fraction of sp³-hybridized carbons (Fsp3) is 0.571. The maximum atomic E-state index is 12.1. The molecule has 0 saturated heterocycles. The third-order valence-electron chi connectivity index (χ3n) is 3.17. The molecule has 0 bridgehead atoms. The minimum absolute atomic E-state index is 0.168. The molecule has 0 aliphatic heterocycles. The number of ether oxygens (including phenoxy) is 2. The van der Waals surface area contributed by atoms with Gasteiger partial charge in [0, 0.05) is 19.8 Å². The van der Waals surface area contributed by atoms with E-state index in [1.807, 2.05) is 0 Å². The smallest absolute Gasteiger partial charge is 0.244 e. The molecule has 1 aromatic carbocycles. The molecule has 0 radical (unpaired) electrons. The van der Waals surface area contributed by atoms with Crippen molar-refractivity contribution in [3.63, 3.8) is 0 Å². The van der Waals surface area contributed by atoms with Gasteiger partial charge >= 0.3 is 0 Å². The summed E-state index contributed by atoms with van der Waals surface area (Å²) >= 11 is 0. The molecule has 1 aromatic rings. The van der Waals surface area contributed by atoms with Crippen LogP contribution in [0, 0.1) is 5.92 Å². The first-order valence-corrected chi connectivity index (χ1v) is 8.32. The van der Waals surface area contributed by atoms with E-state index in [0.717, 1.165) is 12.5 Å². The van der Waals surface area contributed by atoms with Crippen molar-refractivity contribution in [1.29, 1.82) is 0 Å². The largest absolute Gasteiger partial charge is 0.495 e. The average Bonchev–Trinajstić information content (AvgIpc) is 3.26. The molecule has 1 saturated carbocycles. The Hall–Kier alpha value is -1.11. The van der Waals surface area contributed by atoms with Crippen LogP contribution in [-0.2, 0) is 14.8 Å². The molecule has 1 aliphatic rings. The quantitative estimate of drug-likeness (QED) is 0.706. The van der Waals surface area contributed by atoms with E-state index in [0.29, 0.717) is 25.3 Å². The molecule has 0 unspecified atom stereocenters. The molecule has 20 heavy (non-hydrogen) atoms. The maximum absolute atomic E-state index is 12.1. The van der Waals surface area contributed by atoms with E-state index in [9.17, 15) is 8.42 Å². The van der Waals surface area contributed by atoms with Crippen molar-refractivity contribution in [1.82, 2.24) is 4.72 Å². The Morgan fingerprint density at radius 1 is 1.30 bits per heavy atom. The second-order valence-corrected chi connectivity index (χ2v) is 6.66. The highest BCUT2D eigenvalue weighted by atomic mass is 32.2. The monoisotopic (exact) mass is 299 g/mol. The van der Waals surface area contributed by atoms with Crippen molar-refractivity contribution in [2.75, 3.05) is 26.9 Å².